The number of ether oxygens (including phenoxy) is 4. The van der Waals surface area contributed by atoms with Crippen LogP contribution in [0.3, 0.4) is 0 Å². The van der Waals surface area contributed by atoms with E-state index in [1.807, 2.05) is 0 Å². The van der Waals surface area contributed by atoms with Crippen molar-refractivity contribution in [2.45, 2.75) is 244 Å². The van der Waals surface area contributed by atoms with Crippen molar-refractivity contribution in [3.8, 4) is 0 Å². The third-order valence-electron chi connectivity index (χ3n) is 10.2. The lowest BCUT2D eigenvalue weighted by Crippen LogP contribution is -2.53. The minimum absolute atomic E-state index is 0.163. The van der Waals surface area contributed by atoms with Crippen LogP contribution >= 0.6 is 0 Å². The molecule has 0 spiro atoms. The van der Waals surface area contributed by atoms with E-state index >= 15 is 0 Å². The van der Waals surface area contributed by atoms with E-state index in [-0.39, 0.29) is 18.3 Å². The Morgan fingerprint density at radius 3 is 1.21 bits per heavy atom. The van der Waals surface area contributed by atoms with Gasteiger partial charge in [0.15, 0.2) is 6.29 Å². The summed E-state index contributed by atoms with van der Waals surface area (Å²) in [7, 11) is 0. The van der Waals surface area contributed by atoms with Crippen LogP contribution in [-0.2, 0) is 23.8 Å². The van der Waals surface area contributed by atoms with Crippen molar-refractivity contribution in [2.75, 3.05) is 26.4 Å². The Labute approximate surface area is 299 Å². The molecule has 1 rings (SSSR count). The number of rotatable bonds is 38. The first-order chi connectivity index (χ1) is 23.8. The van der Waals surface area contributed by atoms with Crippen molar-refractivity contribution in [3.63, 3.8) is 0 Å². The summed E-state index contributed by atoms with van der Waals surface area (Å²) in [5, 5.41) is 9.56. The lowest BCUT2D eigenvalue weighted by atomic mass is 10.0. The largest absolute Gasteiger partial charge is 0.379 e. The third-order valence-corrected chi connectivity index (χ3v) is 10.2. The third kappa shape index (κ3) is 27.5. The topological polar surface area (TPSA) is 66.4 Å². The van der Waals surface area contributed by atoms with E-state index in [2.05, 4.69) is 20.8 Å². The summed E-state index contributed by atoms with van der Waals surface area (Å²) in [6.07, 6.45) is 38.4. The molecule has 1 aliphatic rings. The van der Waals surface area contributed by atoms with Crippen LogP contribution < -0.4 is 0 Å². The molecule has 6 heteroatoms. The van der Waals surface area contributed by atoms with Gasteiger partial charge in [-0.3, -0.25) is 0 Å². The fourth-order valence-corrected chi connectivity index (χ4v) is 6.99. The van der Waals surface area contributed by atoms with Crippen LogP contribution in [-0.4, -0.2) is 56.3 Å². The molecule has 288 valence electrons. The van der Waals surface area contributed by atoms with Gasteiger partial charge in [-0.15, -0.1) is 0 Å². The summed E-state index contributed by atoms with van der Waals surface area (Å²) in [4.78, 5) is 4.72. The Hall–Kier alpha value is -0.240. The molecule has 0 radical (unpaired) electrons. The highest BCUT2D eigenvalue weighted by Crippen LogP contribution is 2.27. The Balaban J connectivity index is 2.42. The summed E-state index contributed by atoms with van der Waals surface area (Å²) >= 11 is 0. The smallest absolute Gasteiger partial charge is 0.194 e. The molecular formula is C42H84O6. The molecule has 4 atom stereocenters. The molecular weight excluding hydrogens is 600 g/mol. The van der Waals surface area contributed by atoms with Crippen molar-refractivity contribution in [1.29, 1.82) is 0 Å². The molecule has 0 aromatic heterocycles. The van der Waals surface area contributed by atoms with Crippen LogP contribution in [0.25, 0.3) is 0 Å². The van der Waals surface area contributed by atoms with Crippen molar-refractivity contribution < 1.29 is 29.1 Å². The maximum atomic E-state index is 9.56. The average molecular weight is 685 g/mol. The van der Waals surface area contributed by atoms with Crippen LogP contribution in [0.1, 0.15) is 220 Å². The molecule has 0 bridgehead atoms. The monoisotopic (exact) mass is 685 g/mol. The zero-order valence-electron chi connectivity index (χ0n) is 32.5. The van der Waals surface area contributed by atoms with E-state index in [0.717, 1.165) is 25.9 Å². The molecule has 48 heavy (non-hydrogen) atoms. The van der Waals surface area contributed by atoms with E-state index < -0.39 is 6.29 Å². The second-order valence-electron chi connectivity index (χ2n) is 14.8. The molecule has 1 heterocycles. The van der Waals surface area contributed by atoms with E-state index in [4.69, 9.17) is 23.8 Å². The van der Waals surface area contributed by atoms with Gasteiger partial charge in [0.25, 0.3) is 0 Å². The highest BCUT2D eigenvalue weighted by Gasteiger charge is 2.41. The van der Waals surface area contributed by atoms with E-state index in [9.17, 15) is 5.26 Å². The Morgan fingerprint density at radius 2 is 0.812 bits per heavy atom. The number of unbranched alkanes of at least 4 members (excludes halogenated alkanes) is 27. The SMILES string of the molecule is CCCCCCCCCCCCOC[C@H]1O[C@H](OO)C[C@@H](OCCCCCCCCCCCC)[C@H]1OCCCCCCCCCCCC. The molecule has 0 unspecified atom stereocenters. The van der Waals surface area contributed by atoms with E-state index in [1.54, 1.807) is 0 Å². The lowest BCUT2D eigenvalue weighted by molar-refractivity contribution is -0.384. The van der Waals surface area contributed by atoms with Gasteiger partial charge in [0.1, 0.15) is 12.2 Å². The van der Waals surface area contributed by atoms with Gasteiger partial charge in [-0.05, 0) is 19.3 Å². The van der Waals surface area contributed by atoms with E-state index in [1.165, 1.54) is 173 Å². The highest BCUT2D eigenvalue weighted by molar-refractivity contribution is 4.86. The average Bonchev–Trinajstić information content (AvgIpc) is 3.10. The highest BCUT2D eigenvalue weighted by atomic mass is 17.1. The quantitative estimate of drug-likeness (QED) is 0.0397. The van der Waals surface area contributed by atoms with Crippen molar-refractivity contribution in [2.24, 2.45) is 0 Å². The van der Waals surface area contributed by atoms with Gasteiger partial charge in [0, 0.05) is 26.2 Å². The second kappa shape index (κ2) is 36.5. The fraction of sp³-hybridized carbons (Fsp3) is 1.00. The normalized spacial score (nSPS) is 19.8. The van der Waals surface area contributed by atoms with Crippen molar-refractivity contribution in [3.05, 3.63) is 0 Å². The van der Waals surface area contributed by atoms with Gasteiger partial charge >= 0.3 is 0 Å². The summed E-state index contributed by atoms with van der Waals surface area (Å²) < 4.78 is 25.2. The van der Waals surface area contributed by atoms with Gasteiger partial charge in [-0.2, -0.15) is 0 Å². The Morgan fingerprint density at radius 1 is 0.458 bits per heavy atom. The molecule has 6 nitrogen and oxygen atoms in total. The number of hydrogen-bond donors (Lipinski definition) is 1. The molecule has 1 aliphatic heterocycles. The lowest BCUT2D eigenvalue weighted by Gasteiger charge is -2.40. The molecule has 1 saturated heterocycles. The minimum Gasteiger partial charge on any atom is -0.379 e. The van der Waals surface area contributed by atoms with Gasteiger partial charge in [0.05, 0.1) is 12.7 Å². The Kier molecular flexibility index (Phi) is 34.9. The zero-order valence-corrected chi connectivity index (χ0v) is 32.5. The van der Waals surface area contributed by atoms with Gasteiger partial charge in [0.2, 0.25) is 0 Å². The molecule has 1 N–H and O–H groups in total. The maximum Gasteiger partial charge on any atom is 0.194 e. The van der Waals surface area contributed by atoms with Gasteiger partial charge in [-0.1, -0.05) is 194 Å². The summed E-state index contributed by atoms with van der Waals surface area (Å²) in [5.41, 5.74) is 0. The van der Waals surface area contributed by atoms with Crippen LogP contribution in [0.2, 0.25) is 0 Å². The first-order valence-corrected chi connectivity index (χ1v) is 21.5. The molecule has 0 saturated carbocycles. The first-order valence-electron chi connectivity index (χ1n) is 21.5. The van der Waals surface area contributed by atoms with Crippen LogP contribution in [0.4, 0.5) is 0 Å². The first kappa shape index (κ1) is 45.8. The molecule has 0 aliphatic carbocycles. The van der Waals surface area contributed by atoms with Gasteiger partial charge in [-0.25, -0.2) is 10.1 Å². The predicted octanol–water partition coefficient (Wildman–Crippen LogP) is 13.1. The zero-order chi connectivity index (χ0) is 34.6. The molecule has 1 fully saturated rings. The summed E-state index contributed by atoms with van der Waals surface area (Å²) in [6, 6.07) is 0. The fourth-order valence-electron chi connectivity index (χ4n) is 6.99. The van der Waals surface area contributed by atoms with Crippen LogP contribution in [0.5, 0.6) is 0 Å². The molecule has 0 aromatic rings. The number of hydrogen-bond acceptors (Lipinski definition) is 6. The molecule has 0 aromatic carbocycles. The second-order valence-corrected chi connectivity index (χ2v) is 14.8. The van der Waals surface area contributed by atoms with Crippen molar-refractivity contribution >= 4 is 0 Å². The standard InChI is InChI=1S/C42H84O6/c1-4-7-10-13-16-19-22-25-28-31-34-44-38-40-42(46-36-33-30-27-24-21-18-15-12-9-6-3)39(37-41(47-40)48-43)45-35-32-29-26-23-20-17-14-11-8-5-2/h39-43H,4-38H2,1-3H3/t39-,40-,41-,42-/m1/s1. The molecule has 0 amide bonds. The summed E-state index contributed by atoms with van der Waals surface area (Å²) in [6.45, 7) is 9.43. The van der Waals surface area contributed by atoms with Crippen LogP contribution in [0.15, 0.2) is 0 Å². The van der Waals surface area contributed by atoms with Crippen molar-refractivity contribution in [1.82, 2.24) is 0 Å². The van der Waals surface area contributed by atoms with Gasteiger partial charge < -0.3 is 18.9 Å². The van der Waals surface area contributed by atoms with E-state index in [0.29, 0.717) is 26.2 Å². The maximum absolute atomic E-state index is 9.56. The van der Waals surface area contributed by atoms with Crippen LogP contribution in [0, 0.1) is 0 Å². The predicted molar refractivity (Wildman–Crippen MR) is 203 cm³/mol. The minimum atomic E-state index is -0.703. The Bertz CT molecular complexity index is 619. The summed E-state index contributed by atoms with van der Waals surface area (Å²) in [5.74, 6) is 0.